The predicted octanol–water partition coefficient (Wildman–Crippen LogP) is 3.86. The van der Waals surface area contributed by atoms with Gasteiger partial charge < -0.3 is 19.3 Å². The monoisotopic (exact) mass is 316 g/mol. The van der Waals surface area contributed by atoms with E-state index < -0.39 is 5.97 Å². The molecule has 0 amide bonds. The average molecular weight is 316 g/mol. The third-order valence-corrected chi connectivity index (χ3v) is 3.39. The third kappa shape index (κ3) is 3.74. The smallest absolute Gasteiger partial charge is 0.339 e. The van der Waals surface area contributed by atoms with Crippen LogP contribution in [0.25, 0.3) is 11.1 Å². The summed E-state index contributed by atoms with van der Waals surface area (Å²) in [6.07, 6.45) is 0.816. The minimum absolute atomic E-state index is 0.144. The average Bonchev–Trinajstić information content (AvgIpc) is 2.59. The fourth-order valence-electron chi connectivity index (χ4n) is 2.23. The van der Waals surface area contributed by atoms with Gasteiger partial charge in [0.2, 0.25) is 0 Å². The van der Waals surface area contributed by atoms with Crippen molar-refractivity contribution in [3.63, 3.8) is 0 Å². The van der Waals surface area contributed by atoms with Crippen molar-refractivity contribution in [2.75, 3.05) is 20.8 Å². The molecule has 0 bridgehead atoms. The minimum atomic E-state index is -1.02. The summed E-state index contributed by atoms with van der Waals surface area (Å²) in [5, 5.41) is 9.39. The number of ether oxygens (including phenoxy) is 3. The van der Waals surface area contributed by atoms with Gasteiger partial charge in [-0.3, -0.25) is 0 Å². The first-order valence-corrected chi connectivity index (χ1v) is 7.33. The Balaban J connectivity index is 2.44. The summed E-state index contributed by atoms with van der Waals surface area (Å²) in [4.78, 5) is 11.5. The second-order valence-corrected chi connectivity index (χ2v) is 4.93. The molecule has 2 aromatic carbocycles. The number of hydrogen-bond donors (Lipinski definition) is 1. The number of hydrogen-bond acceptors (Lipinski definition) is 4. The Kier molecular flexibility index (Phi) is 5.46. The van der Waals surface area contributed by atoms with Crippen molar-refractivity contribution in [1.29, 1.82) is 0 Å². The van der Waals surface area contributed by atoms with E-state index in [4.69, 9.17) is 14.2 Å². The molecule has 5 nitrogen and oxygen atoms in total. The highest BCUT2D eigenvalue weighted by atomic mass is 16.5. The summed E-state index contributed by atoms with van der Waals surface area (Å²) in [6, 6.07) is 10.6. The highest BCUT2D eigenvalue weighted by Crippen LogP contribution is 2.34. The minimum Gasteiger partial charge on any atom is -0.493 e. The van der Waals surface area contributed by atoms with E-state index in [0.717, 1.165) is 17.5 Å². The summed E-state index contributed by atoms with van der Waals surface area (Å²) in [5.74, 6) is 0.577. The number of benzene rings is 2. The van der Waals surface area contributed by atoms with Gasteiger partial charge in [0.05, 0.1) is 20.8 Å². The van der Waals surface area contributed by atoms with Crippen LogP contribution in [0.5, 0.6) is 17.2 Å². The molecule has 23 heavy (non-hydrogen) atoms. The first-order valence-electron chi connectivity index (χ1n) is 7.33. The van der Waals surface area contributed by atoms with Crippen LogP contribution in [0, 0.1) is 0 Å². The van der Waals surface area contributed by atoms with Crippen LogP contribution in [-0.4, -0.2) is 31.9 Å². The van der Waals surface area contributed by atoms with E-state index in [0.29, 0.717) is 23.9 Å². The molecule has 0 aliphatic carbocycles. The lowest BCUT2D eigenvalue weighted by Crippen LogP contribution is -2.04. The van der Waals surface area contributed by atoms with E-state index in [1.54, 1.807) is 32.4 Å². The first-order chi connectivity index (χ1) is 11.1. The lowest BCUT2D eigenvalue weighted by atomic mass is 10.0. The molecule has 0 heterocycles. The number of carbonyl (C=O) groups is 1. The van der Waals surface area contributed by atoms with Gasteiger partial charge in [-0.2, -0.15) is 0 Å². The molecule has 0 aliphatic heterocycles. The Morgan fingerprint density at radius 2 is 1.57 bits per heavy atom. The fraction of sp³-hybridized carbons (Fsp3) is 0.278. The molecule has 0 unspecified atom stereocenters. The molecule has 0 saturated heterocycles. The molecule has 0 aliphatic rings. The van der Waals surface area contributed by atoms with Crippen LogP contribution in [0.2, 0.25) is 0 Å². The largest absolute Gasteiger partial charge is 0.493 e. The lowest BCUT2D eigenvalue weighted by Gasteiger charge is -2.12. The van der Waals surface area contributed by atoms with Crippen molar-refractivity contribution in [1.82, 2.24) is 0 Å². The first kappa shape index (κ1) is 16.7. The number of carboxylic acids is 1. The normalized spacial score (nSPS) is 10.2. The quantitative estimate of drug-likeness (QED) is 0.840. The van der Waals surface area contributed by atoms with Crippen LogP contribution in [0.3, 0.4) is 0 Å². The summed E-state index contributed by atoms with van der Waals surface area (Å²) in [5.41, 5.74) is 1.75. The zero-order chi connectivity index (χ0) is 16.8. The van der Waals surface area contributed by atoms with E-state index in [1.807, 2.05) is 25.1 Å². The number of aromatic carboxylic acids is 1. The number of methoxy groups -OCH3 is 2. The van der Waals surface area contributed by atoms with Gasteiger partial charge in [-0.1, -0.05) is 19.1 Å². The number of carboxylic acid groups (broad SMARTS) is 1. The van der Waals surface area contributed by atoms with Gasteiger partial charge in [-0.25, -0.2) is 4.79 Å². The lowest BCUT2D eigenvalue weighted by molar-refractivity contribution is 0.0692. The Morgan fingerprint density at radius 3 is 2.13 bits per heavy atom. The molecule has 0 saturated carbocycles. The molecule has 1 N–H and O–H groups in total. The summed E-state index contributed by atoms with van der Waals surface area (Å²) in [6.45, 7) is 2.45. The van der Waals surface area contributed by atoms with Crippen molar-refractivity contribution in [2.24, 2.45) is 0 Å². The predicted molar refractivity (Wildman–Crippen MR) is 87.7 cm³/mol. The zero-order valence-corrected chi connectivity index (χ0v) is 13.5. The van der Waals surface area contributed by atoms with E-state index in [1.165, 1.54) is 0 Å². The van der Waals surface area contributed by atoms with Gasteiger partial charge >= 0.3 is 5.97 Å². The second kappa shape index (κ2) is 7.54. The van der Waals surface area contributed by atoms with Gasteiger partial charge in [-0.15, -0.1) is 0 Å². The molecule has 0 spiro atoms. The van der Waals surface area contributed by atoms with Crippen LogP contribution in [0.15, 0.2) is 36.4 Å². The van der Waals surface area contributed by atoms with E-state index >= 15 is 0 Å². The summed E-state index contributed by atoms with van der Waals surface area (Å²) >= 11 is 0. The van der Waals surface area contributed by atoms with Gasteiger partial charge in [0.15, 0.2) is 11.5 Å². The highest BCUT2D eigenvalue weighted by Gasteiger charge is 2.14. The van der Waals surface area contributed by atoms with Gasteiger partial charge in [0, 0.05) is 0 Å². The van der Waals surface area contributed by atoms with Crippen LogP contribution < -0.4 is 14.2 Å². The standard InChI is InChI=1S/C18H20O5/c1-4-9-23-15-7-5-12(10-14(15)18(19)20)13-6-8-16(21-2)17(11-13)22-3/h5-8,10-11H,4,9H2,1-3H3,(H,19,20). The fourth-order valence-corrected chi connectivity index (χ4v) is 2.23. The topological polar surface area (TPSA) is 65.0 Å². The molecular formula is C18H20O5. The molecular weight excluding hydrogens is 296 g/mol. The Morgan fingerprint density at radius 1 is 0.957 bits per heavy atom. The summed E-state index contributed by atoms with van der Waals surface area (Å²) < 4.78 is 16.0. The Labute approximate surface area is 135 Å². The van der Waals surface area contributed by atoms with Crippen molar-refractivity contribution in [3.05, 3.63) is 42.0 Å². The van der Waals surface area contributed by atoms with E-state index in [-0.39, 0.29) is 5.56 Å². The van der Waals surface area contributed by atoms with Crippen LogP contribution >= 0.6 is 0 Å². The van der Waals surface area contributed by atoms with Crippen LogP contribution in [-0.2, 0) is 0 Å². The van der Waals surface area contributed by atoms with E-state index in [2.05, 4.69) is 0 Å². The molecule has 0 radical (unpaired) electrons. The molecule has 2 aromatic rings. The SMILES string of the molecule is CCCOc1ccc(-c2ccc(OC)c(OC)c2)cc1C(=O)O. The van der Waals surface area contributed by atoms with Crippen molar-refractivity contribution in [3.8, 4) is 28.4 Å². The zero-order valence-electron chi connectivity index (χ0n) is 13.5. The van der Waals surface area contributed by atoms with Crippen molar-refractivity contribution in [2.45, 2.75) is 13.3 Å². The number of rotatable bonds is 7. The molecule has 0 atom stereocenters. The summed E-state index contributed by atoms with van der Waals surface area (Å²) in [7, 11) is 3.13. The maximum absolute atomic E-state index is 11.5. The molecule has 0 fully saturated rings. The van der Waals surface area contributed by atoms with Gasteiger partial charge in [0.1, 0.15) is 11.3 Å². The van der Waals surface area contributed by atoms with Crippen LogP contribution in [0.4, 0.5) is 0 Å². The maximum Gasteiger partial charge on any atom is 0.339 e. The van der Waals surface area contributed by atoms with Crippen LogP contribution in [0.1, 0.15) is 23.7 Å². The van der Waals surface area contributed by atoms with Gasteiger partial charge in [-0.05, 0) is 41.8 Å². The third-order valence-electron chi connectivity index (χ3n) is 3.39. The Bertz CT molecular complexity index is 694. The molecule has 5 heteroatoms. The second-order valence-electron chi connectivity index (χ2n) is 4.93. The van der Waals surface area contributed by atoms with Crippen molar-refractivity contribution < 1.29 is 24.1 Å². The highest BCUT2D eigenvalue weighted by molar-refractivity contribution is 5.92. The molecule has 2 rings (SSSR count). The maximum atomic E-state index is 11.5. The van der Waals surface area contributed by atoms with Gasteiger partial charge in [0.25, 0.3) is 0 Å². The van der Waals surface area contributed by atoms with E-state index in [9.17, 15) is 9.90 Å². The molecule has 0 aromatic heterocycles. The Hall–Kier alpha value is -2.69. The molecule has 122 valence electrons. The van der Waals surface area contributed by atoms with Crippen molar-refractivity contribution >= 4 is 5.97 Å².